The molecule has 0 unspecified atom stereocenters. The predicted molar refractivity (Wildman–Crippen MR) is 78.9 cm³/mol. The molecule has 2 aromatic carbocycles. The first-order valence-electron chi connectivity index (χ1n) is 6.59. The highest BCUT2D eigenvalue weighted by Gasteiger charge is 2.08. The first-order valence-corrected chi connectivity index (χ1v) is 6.59. The van der Waals surface area contributed by atoms with Crippen molar-refractivity contribution < 1.29 is 4.39 Å². The van der Waals surface area contributed by atoms with Crippen LogP contribution in [0.5, 0.6) is 0 Å². The van der Waals surface area contributed by atoms with Crippen molar-refractivity contribution in [1.82, 2.24) is 9.55 Å². The summed E-state index contributed by atoms with van der Waals surface area (Å²) in [5, 5.41) is 0. The average molecular weight is 269 g/mol. The van der Waals surface area contributed by atoms with Crippen molar-refractivity contribution in [3.8, 4) is 0 Å². The number of aromatic nitrogens is 2. The van der Waals surface area contributed by atoms with E-state index in [1.54, 1.807) is 12.1 Å². The molecule has 0 aliphatic rings. The fraction of sp³-hybridized carbons (Fsp3) is 0.188. The molecule has 3 rings (SSSR count). The Morgan fingerprint density at radius 3 is 2.80 bits per heavy atom. The van der Waals surface area contributed by atoms with Gasteiger partial charge in [-0.3, -0.25) is 0 Å². The van der Waals surface area contributed by atoms with Gasteiger partial charge in [-0.1, -0.05) is 12.1 Å². The first-order chi connectivity index (χ1) is 9.63. The van der Waals surface area contributed by atoms with Crippen LogP contribution in [0.4, 0.5) is 10.1 Å². The van der Waals surface area contributed by atoms with Crippen molar-refractivity contribution in [2.45, 2.75) is 12.8 Å². The maximum atomic E-state index is 13.1. The topological polar surface area (TPSA) is 43.8 Å². The predicted octanol–water partition coefficient (Wildman–Crippen LogP) is 3.08. The second kappa shape index (κ2) is 4.96. The Morgan fingerprint density at radius 1 is 1.15 bits per heavy atom. The lowest BCUT2D eigenvalue weighted by atomic mass is 10.1. The molecular weight excluding hydrogens is 253 g/mol. The molecule has 0 aliphatic carbocycles. The van der Waals surface area contributed by atoms with Gasteiger partial charge in [0.25, 0.3) is 0 Å². The van der Waals surface area contributed by atoms with Crippen LogP contribution >= 0.6 is 0 Å². The standard InChI is InChI=1S/C16H16FN3/c1-20-15-10-13(18)6-7-14(15)19-16(20)8-5-11-3-2-4-12(17)9-11/h2-4,6-7,9-10H,5,8,18H2,1H3. The number of aryl methyl sites for hydroxylation is 3. The summed E-state index contributed by atoms with van der Waals surface area (Å²) in [4.78, 5) is 4.60. The Balaban J connectivity index is 1.86. The van der Waals surface area contributed by atoms with E-state index in [0.29, 0.717) is 0 Å². The molecule has 0 spiro atoms. The third kappa shape index (κ3) is 2.37. The quantitative estimate of drug-likeness (QED) is 0.743. The van der Waals surface area contributed by atoms with Crippen molar-refractivity contribution >= 4 is 16.7 Å². The Labute approximate surface area is 116 Å². The van der Waals surface area contributed by atoms with E-state index in [9.17, 15) is 4.39 Å². The molecular formula is C16H16FN3. The molecule has 0 bridgehead atoms. The third-order valence-electron chi connectivity index (χ3n) is 3.52. The fourth-order valence-corrected chi connectivity index (χ4v) is 2.43. The summed E-state index contributed by atoms with van der Waals surface area (Å²) < 4.78 is 15.2. The lowest BCUT2D eigenvalue weighted by molar-refractivity contribution is 0.624. The van der Waals surface area contributed by atoms with Crippen LogP contribution in [0.1, 0.15) is 11.4 Å². The maximum absolute atomic E-state index is 13.1. The number of hydrogen-bond donors (Lipinski definition) is 1. The highest BCUT2D eigenvalue weighted by molar-refractivity contribution is 5.79. The van der Waals surface area contributed by atoms with Crippen molar-refractivity contribution in [2.24, 2.45) is 7.05 Å². The van der Waals surface area contributed by atoms with Gasteiger partial charge in [-0.25, -0.2) is 9.37 Å². The number of imidazole rings is 1. The zero-order chi connectivity index (χ0) is 14.1. The van der Waals surface area contributed by atoms with Gasteiger partial charge >= 0.3 is 0 Å². The van der Waals surface area contributed by atoms with E-state index in [1.807, 2.05) is 35.9 Å². The number of nitrogen functional groups attached to an aromatic ring is 1. The second-order valence-corrected chi connectivity index (χ2v) is 4.97. The molecule has 0 fully saturated rings. The van der Waals surface area contributed by atoms with Crippen molar-refractivity contribution in [2.75, 3.05) is 5.73 Å². The summed E-state index contributed by atoms with van der Waals surface area (Å²) in [6.07, 6.45) is 1.54. The van der Waals surface area contributed by atoms with E-state index in [2.05, 4.69) is 4.98 Å². The van der Waals surface area contributed by atoms with Gasteiger partial charge < -0.3 is 10.3 Å². The molecule has 1 heterocycles. The van der Waals surface area contributed by atoms with Crippen molar-refractivity contribution in [1.29, 1.82) is 0 Å². The van der Waals surface area contributed by atoms with Crippen molar-refractivity contribution in [3.63, 3.8) is 0 Å². The van der Waals surface area contributed by atoms with Gasteiger partial charge in [0.2, 0.25) is 0 Å². The van der Waals surface area contributed by atoms with Gasteiger partial charge in [0.1, 0.15) is 11.6 Å². The van der Waals surface area contributed by atoms with Crippen LogP contribution in [0.15, 0.2) is 42.5 Å². The van der Waals surface area contributed by atoms with E-state index in [4.69, 9.17) is 5.73 Å². The molecule has 0 saturated heterocycles. The summed E-state index contributed by atoms with van der Waals surface area (Å²) in [7, 11) is 1.98. The number of fused-ring (bicyclic) bond motifs is 1. The third-order valence-corrected chi connectivity index (χ3v) is 3.52. The van der Waals surface area contributed by atoms with Crippen LogP contribution in [0.25, 0.3) is 11.0 Å². The minimum absolute atomic E-state index is 0.194. The highest BCUT2D eigenvalue weighted by atomic mass is 19.1. The van der Waals surface area contributed by atoms with Gasteiger partial charge in [0, 0.05) is 19.2 Å². The number of benzene rings is 2. The molecule has 0 aliphatic heterocycles. The van der Waals surface area contributed by atoms with Gasteiger partial charge in [-0.05, 0) is 42.3 Å². The van der Waals surface area contributed by atoms with Crippen LogP contribution in [0, 0.1) is 5.82 Å². The van der Waals surface area contributed by atoms with E-state index >= 15 is 0 Å². The smallest absolute Gasteiger partial charge is 0.123 e. The summed E-state index contributed by atoms with van der Waals surface area (Å²) in [6.45, 7) is 0. The van der Waals surface area contributed by atoms with E-state index < -0.39 is 0 Å². The largest absolute Gasteiger partial charge is 0.399 e. The summed E-state index contributed by atoms with van der Waals surface area (Å²) in [5.41, 5.74) is 9.49. The lowest BCUT2D eigenvalue weighted by Crippen LogP contribution is -2.00. The number of nitrogens with two attached hydrogens (primary N) is 1. The molecule has 102 valence electrons. The van der Waals surface area contributed by atoms with Gasteiger partial charge in [-0.2, -0.15) is 0 Å². The van der Waals surface area contributed by atoms with E-state index in [1.165, 1.54) is 6.07 Å². The molecule has 0 atom stereocenters. The normalized spacial score (nSPS) is 11.1. The van der Waals surface area contributed by atoms with Crippen molar-refractivity contribution in [3.05, 3.63) is 59.7 Å². The molecule has 4 heteroatoms. The number of anilines is 1. The van der Waals surface area contributed by atoms with Crippen LogP contribution in [-0.2, 0) is 19.9 Å². The molecule has 0 radical (unpaired) electrons. The highest BCUT2D eigenvalue weighted by Crippen LogP contribution is 2.19. The molecule has 3 aromatic rings. The average Bonchev–Trinajstić information content (AvgIpc) is 2.73. The number of halogens is 1. The SMILES string of the molecule is Cn1c(CCc2cccc(F)c2)nc2ccc(N)cc21. The van der Waals surface area contributed by atoms with Gasteiger partial charge in [0.05, 0.1) is 11.0 Å². The zero-order valence-electron chi connectivity index (χ0n) is 11.3. The number of rotatable bonds is 3. The monoisotopic (exact) mass is 269 g/mol. The zero-order valence-corrected chi connectivity index (χ0v) is 11.3. The van der Waals surface area contributed by atoms with Crippen LogP contribution in [0.3, 0.4) is 0 Å². The lowest BCUT2D eigenvalue weighted by Gasteiger charge is -2.03. The van der Waals surface area contributed by atoms with Crippen LogP contribution < -0.4 is 5.73 Å². The second-order valence-electron chi connectivity index (χ2n) is 4.97. The van der Waals surface area contributed by atoms with Crippen LogP contribution in [0.2, 0.25) is 0 Å². The van der Waals surface area contributed by atoms with E-state index in [0.717, 1.165) is 41.0 Å². The minimum atomic E-state index is -0.194. The molecule has 2 N–H and O–H groups in total. The maximum Gasteiger partial charge on any atom is 0.123 e. The Morgan fingerprint density at radius 2 is 2.00 bits per heavy atom. The first kappa shape index (κ1) is 12.7. The molecule has 0 amide bonds. The Bertz CT molecular complexity index is 762. The van der Waals surface area contributed by atoms with Gasteiger partial charge in [-0.15, -0.1) is 0 Å². The van der Waals surface area contributed by atoms with Gasteiger partial charge in [0.15, 0.2) is 0 Å². The summed E-state index contributed by atoms with van der Waals surface area (Å²) in [5.74, 6) is 0.787. The molecule has 0 saturated carbocycles. The fourth-order valence-electron chi connectivity index (χ4n) is 2.43. The Kier molecular flexibility index (Phi) is 3.14. The van der Waals surface area contributed by atoms with Crippen LogP contribution in [-0.4, -0.2) is 9.55 Å². The minimum Gasteiger partial charge on any atom is -0.399 e. The molecule has 20 heavy (non-hydrogen) atoms. The van der Waals surface area contributed by atoms with E-state index in [-0.39, 0.29) is 5.82 Å². The summed E-state index contributed by atoms with van der Waals surface area (Å²) >= 11 is 0. The molecule has 1 aromatic heterocycles. The number of hydrogen-bond acceptors (Lipinski definition) is 2. The number of nitrogens with zero attached hydrogens (tertiary/aromatic N) is 2. The Hall–Kier alpha value is -2.36. The summed E-state index contributed by atoms with van der Waals surface area (Å²) in [6, 6.07) is 12.4. The molecule has 3 nitrogen and oxygen atoms in total.